The lowest BCUT2D eigenvalue weighted by molar-refractivity contribution is 0.0738. The van der Waals surface area contributed by atoms with Crippen molar-refractivity contribution in [3.05, 3.63) is 29.8 Å². The molecular weight excluding hydrogens is 342 g/mol. The van der Waals surface area contributed by atoms with Crippen LogP contribution in [0.2, 0.25) is 0 Å². The van der Waals surface area contributed by atoms with Crippen LogP contribution >= 0.6 is 15.9 Å². The molecule has 1 aliphatic heterocycles. The van der Waals surface area contributed by atoms with Crippen LogP contribution in [0.4, 0.5) is 0 Å². The fraction of sp³-hybridized carbons (Fsp3) is 0.500. The molecule has 4 nitrogen and oxygen atoms in total. The number of carbonyl (C=O) groups excluding carboxylic acids is 1. The van der Waals surface area contributed by atoms with Crippen LogP contribution in [0.15, 0.2) is 29.2 Å². The second kappa shape index (κ2) is 5.85. The molecule has 6 heteroatoms. The van der Waals surface area contributed by atoms with Crippen molar-refractivity contribution in [1.82, 2.24) is 4.90 Å². The van der Waals surface area contributed by atoms with Gasteiger partial charge in [-0.2, -0.15) is 0 Å². The van der Waals surface area contributed by atoms with Crippen LogP contribution in [0.5, 0.6) is 0 Å². The molecule has 0 aliphatic carbocycles. The van der Waals surface area contributed by atoms with E-state index in [1.54, 1.807) is 12.1 Å². The summed E-state index contributed by atoms with van der Waals surface area (Å²) in [5, 5.41) is 0.742. The molecule has 1 aromatic rings. The summed E-state index contributed by atoms with van der Waals surface area (Å²) in [6, 6.07) is 6.44. The maximum atomic E-state index is 12.6. The summed E-state index contributed by atoms with van der Waals surface area (Å²) in [6.45, 7) is 2.85. The standard InChI is InChI=1S/C14H18BrNO3S/c1-10-6-7-16(13(10)9-15)14(17)11-4-3-5-12(8-11)20(2,18)19/h3-5,8,10,13H,6-7,9H2,1-2H3. The van der Waals surface area contributed by atoms with Crippen molar-refractivity contribution in [1.29, 1.82) is 0 Å². The first-order valence-electron chi connectivity index (χ1n) is 6.51. The molecule has 0 saturated carbocycles. The molecule has 0 aromatic heterocycles. The minimum Gasteiger partial charge on any atom is -0.335 e. The second-order valence-electron chi connectivity index (χ2n) is 5.29. The van der Waals surface area contributed by atoms with E-state index >= 15 is 0 Å². The maximum absolute atomic E-state index is 12.6. The molecule has 1 saturated heterocycles. The van der Waals surface area contributed by atoms with Gasteiger partial charge in [0.15, 0.2) is 9.84 Å². The third kappa shape index (κ3) is 3.06. The quantitative estimate of drug-likeness (QED) is 0.778. The smallest absolute Gasteiger partial charge is 0.254 e. The van der Waals surface area contributed by atoms with Crippen molar-refractivity contribution in [3.8, 4) is 0 Å². The zero-order chi connectivity index (χ0) is 14.9. The van der Waals surface area contributed by atoms with Crippen LogP contribution in [0.1, 0.15) is 23.7 Å². The molecule has 0 bridgehead atoms. The van der Waals surface area contributed by atoms with Crippen LogP contribution < -0.4 is 0 Å². The first-order chi connectivity index (χ1) is 9.34. The fourth-order valence-corrected chi connectivity index (χ4v) is 4.18. The zero-order valence-corrected chi connectivity index (χ0v) is 13.9. The Hall–Kier alpha value is -0.880. The van der Waals surface area contributed by atoms with E-state index in [0.29, 0.717) is 11.5 Å². The van der Waals surface area contributed by atoms with E-state index in [9.17, 15) is 13.2 Å². The van der Waals surface area contributed by atoms with Gasteiger partial charge in [0.05, 0.1) is 4.90 Å². The summed E-state index contributed by atoms with van der Waals surface area (Å²) >= 11 is 3.45. The summed E-state index contributed by atoms with van der Waals surface area (Å²) in [6.07, 6.45) is 2.13. The Labute approximate surface area is 128 Å². The van der Waals surface area contributed by atoms with Crippen molar-refractivity contribution in [2.24, 2.45) is 5.92 Å². The van der Waals surface area contributed by atoms with Gasteiger partial charge >= 0.3 is 0 Å². The van der Waals surface area contributed by atoms with Gasteiger partial charge in [0.25, 0.3) is 5.91 Å². The average Bonchev–Trinajstić information content (AvgIpc) is 2.78. The summed E-state index contributed by atoms with van der Waals surface area (Å²) < 4.78 is 23.1. The third-order valence-electron chi connectivity index (χ3n) is 3.81. The van der Waals surface area contributed by atoms with Gasteiger partial charge in [0, 0.05) is 29.7 Å². The molecule has 0 spiro atoms. The highest BCUT2D eigenvalue weighted by molar-refractivity contribution is 9.09. The SMILES string of the molecule is CC1CCN(C(=O)c2cccc(S(C)(=O)=O)c2)C1CBr. The Kier molecular flexibility index (Phi) is 4.54. The number of halogens is 1. The Balaban J connectivity index is 2.30. The summed E-state index contributed by atoms with van der Waals surface area (Å²) in [5.74, 6) is 0.362. The van der Waals surface area contributed by atoms with Crippen LogP contribution in [0.3, 0.4) is 0 Å². The van der Waals surface area contributed by atoms with E-state index in [-0.39, 0.29) is 16.8 Å². The van der Waals surface area contributed by atoms with Crippen molar-refractivity contribution >= 4 is 31.7 Å². The van der Waals surface area contributed by atoms with Gasteiger partial charge < -0.3 is 4.90 Å². The molecule has 2 rings (SSSR count). The van der Waals surface area contributed by atoms with E-state index in [0.717, 1.165) is 24.6 Å². The number of amides is 1. The van der Waals surface area contributed by atoms with Crippen LogP contribution in [0.25, 0.3) is 0 Å². The van der Waals surface area contributed by atoms with Gasteiger partial charge in [-0.1, -0.05) is 28.9 Å². The number of carbonyl (C=O) groups is 1. The highest BCUT2D eigenvalue weighted by atomic mass is 79.9. The van der Waals surface area contributed by atoms with Crippen molar-refractivity contribution in [2.75, 3.05) is 18.1 Å². The topological polar surface area (TPSA) is 54.5 Å². The molecule has 1 heterocycles. The van der Waals surface area contributed by atoms with Crippen molar-refractivity contribution in [2.45, 2.75) is 24.3 Å². The molecule has 1 aliphatic rings. The number of alkyl halides is 1. The molecule has 1 fully saturated rings. The molecule has 1 aromatic carbocycles. The molecule has 1 amide bonds. The fourth-order valence-electron chi connectivity index (χ4n) is 2.52. The summed E-state index contributed by atoms with van der Waals surface area (Å²) in [4.78, 5) is 14.6. The van der Waals surface area contributed by atoms with Gasteiger partial charge in [0.2, 0.25) is 0 Å². The number of sulfone groups is 1. The van der Waals surface area contributed by atoms with Gasteiger partial charge in [-0.05, 0) is 30.5 Å². The van der Waals surface area contributed by atoms with Gasteiger partial charge in [-0.15, -0.1) is 0 Å². The Bertz CT molecular complexity index is 615. The van der Waals surface area contributed by atoms with Gasteiger partial charge in [-0.3, -0.25) is 4.79 Å². The van der Waals surface area contributed by atoms with E-state index < -0.39 is 9.84 Å². The second-order valence-corrected chi connectivity index (χ2v) is 7.95. The van der Waals surface area contributed by atoms with Crippen LogP contribution in [0, 0.1) is 5.92 Å². The number of likely N-dealkylation sites (tertiary alicyclic amines) is 1. The highest BCUT2D eigenvalue weighted by Crippen LogP contribution is 2.27. The van der Waals surface area contributed by atoms with Crippen LogP contribution in [-0.2, 0) is 9.84 Å². The molecule has 0 N–H and O–H groups in total. The van der Waals surface area contributed by atoms with E-state index in [1.165, 1.54) is 12.1 Å². The lowest BCUT2D eigenvalue weighted by atomic mass is 10.0. The number of hydrogen-bond acceptors (Lipinski definition) is 3. The molecule has 20 heavy (non-hydrogen) atoms. The average molecular weight is 360 g/mol. The van der Waals surface area contributed by atoms with Gasteiger partial charge in [-0.25, -0.2) is 8.42 Å². The Morgan fingerprint density at radius 2 is 2.15 bits per heavy atom. The molecule has 0 radical (unpaired) electrons. The Morgan fingerprint density at radius 1 is 1.45 bits per heavy atom. The number of nitrogens with zero attached hydrogens (tertiary/aromatic N) is 1. The number of hydrogen-bond donors (Lipinski definition) is 0. The van der Waals surface area contributed by atoms with E-state index in [1.807, 2.05) is 4.90 Å². The first kappa shape index (κ1) is 15.5. The lowest BCUT2D eigenvalue weighted by Gasteiger charge is -2.25. The maximum Gasteiger partial charge on any atom is 0.254 e. The van der Waals surface area contributed by atoms with Crippen LogP contribution in [-0.4, -0.2) is 43.4 Å². The minimum atomic E-state index is -3.29. The highest BCUT2D eigenvalue weighted by Gasteiger charge is 2.34. The van der Waals surface area contributed by atoms with E-state index in [4.69, 9.17) is 0 Å². The molecule has 2 unspecified atom stereocenters. The van der Waals surface area contributed by atoms with Gasteiger partial charge in [0.1, 0.15) is 0 Å². The Morgan fingerprint density at radius 3 is 2.75 bits per heavy atom. The molecular formula is C14H18BrNO3S. The predicted octanol–water partition coefficient (Wildman–Crippen LogP) is 2.34. The number of benzene rings is 1. The summed E-state index contributed by atoms with van der Waals surface area (Å²) in [7, 11) is -3.29. The summed E-state index contributed by atoms with van der Waals surface area (Å²) in [5.41, 5.74) is 0.438. The largest absolute Gasteiger partial charge is 0.335 e. The predicted molar refractivity (Wildman–Crippen MR) is 82.0 cm³/mol. The normalized spacial score (nSPS) is 23.1. The lowest BCUT2D eigenvalue weighted by Crippen LogP contribution is -2.38. The first-order valence-corrected chi connectivity index (χ1v) is 9.53. The van der Waals surface area contributed by atoms with Crippen molar-refractivity contribution in [3.63, 3.8) is 0 Å². The van der Waals surface area contributed by atoms with Crippen molar-refractivity contribution < 1.29 is 13.2 Å². The van der Waals surface area contributed by atoms with E-state index in [2.05, 4.69) is 22.9 Å². The zero-order valence-electron chi connectivity index (χ0n) is 11.5. The minimum absolute atomic E-state index is 0.0932. The molecule has 2 atom stereocenters. The number of rotatable bonds is 3. The monoisotopic (exact) mass is 359 g/mol. The third-order valence-corrected chi connectivity index (χ3v) is 5.58. The molecule has 110 valence electrons.